The maximum atomic E-state index is 13.3. The molecule has 0 radical (unpaired) electrons. The third kappa shape index (κ3) is 2.96. The van der Waals surface area contributed by atoms with E-state index in [2.05, 4.69) is 10.4 Å². The van der Waals surface area contributed by atoms with Crippen molar-refractivity contribution in [2.24, 2.45) is 13.0 Å². The zero-order valence-electron chi connectivity index (χ0n) is 15.3. The first-order valence-electron chi connectivity index (χ1n) is 9.19. The highest BCUT2D eigenvalue weighted by Gasteiger charge is 2.42. The Morgan fingerprint density at radius 2 is 2.23 bits per heavy atom. The van der Waals surface area contributed by atoms with Crippen LogP contribution < -0.4 is 10.9 Å². The Morgan fingerprint density at radius 1 is 1.38 bits per heavy atom. The summed E-state index contributed by atoms with van der Waals surface area (Å²) in [6.45, 7) is 2.27. The number of piperidine rings is 1. The topological polar surface area (TPSA) is 72.2 Å². The molecule has 2 aliphatic heterocycles. The minimum Gasteiger partial charge on any atom is -0.344 e. The Kier molecular flexibility index (Phi) is 4.40. The van der Waals surface area contributed by atoms with Crippen LogP contribution >= 0.6 is 0 Å². The summed E-state index contributed by atoms with van der Waals surface area (Å²) >= 11 is 0. The van der Waals surface area contributed by atoms with E-state index in [9.17, 15) is 9.59 Å². The minimum absolute atomic E-state index is 0.0237. The Morgan fingerprint density at radius 3 is 3.00 bits per heavy atom. The summed E-state index contributed by atoms with van der Waals surface area (Å²) in [5, 5.41) is 7.61. The van der Waals surface area contributed by atoms with Crippen LogP contribution in [0.15, 0.2) is 35.4 Å². The summed E-state index contributed by atoms with van der Waals surface area (Å²) < 4.78 is 3.52. The van der Waals surface area contributed by atoms with Crippen LogP contribution in [0, 0.1) is 5.92 Å². The summed E-state index contributed by atoms with van der Waals surface area (Å²) in [4.78, 5) is 27.6. The van der Waals surface area contributed by atoms with E-state index in [1.54, 1.807) is 26.3 Å². The van der Waals surface area contributed by atoms with E-state index in [0.717, 1.165) is 37.2 Å². The number of nitrogens with one attached hydrogen (secondary N) is 1. The first-order chi connectivity index (χ1) is 12.5. The van der Waals surface area contributed by atoms with Crippen molar-refractivity contribution in [3.05, 3.63) is 52.2 Å². The fourth-order valence-corrected chi connectivity index (χ4v) is 4.34. The lowest BCUT2D eigenvalue weighted by molar-refractivity contribution is -0.136. The molecule has 0 unspecified atom stereocenters. The van der Waals surface area contributed by atoms with Crippen molar-refractivity contribution in [3.8, 4) is 0 Å². The molecule has 0 saturated carbocycles. The van der Waals surface area contributed by atoms with E-state index < -0.39 is 6.04 Å². The fourth-order valence-electron chi connectivity index (χ4n) is 4.34. The van der Waals surface area contributed by atoms with Crippen LogP contribution in [0.5, 0.6) is 0 Å². The Hall–Kier alpha value is -2.41. The van der Waals surface area contributed by atoms with Crippen molar-refractivity contribution in [3.63, 3.8) is 0 Å². The fraction of sp³-hybridized carbons (Fsp3) is 0.526. The van der Waals surface area contributed by atoms with Crippen LogP contribution in [0.3, 0.4) is 0 Å². The van der Waals surface area contributed by atoms with Gasteiger partial charge in [-0.1, -0.05) is 6.07 Å². The van der Waals surface area contributed by atoms with Gasteiger partial charge in [-0.3, -0.25) is 18.8 Å². The number of carbonyl (C=O) groups excluding carboxylic acids is 1. The van der Waals surface area contributed by atoms with Crippen molar-refractivity contribution in [2.75, 3.05) is 26.7 Å². The first-order valence-corrected chi connectivity index (χ1v) is 9.19. The lowest BCUT2D eigenvalue weighted by atomic mass is 9.79. The molecule has 1 amide bonds. The lowest BCUT2D eigenvalue weighted by Gasteiger charge is -2.43. The largest absolute Gasteiger partial charge is 0.344 e. The number of pyridine rings is 1. The van der Waals surface area contributed by atoms with Crippen LogP contribution in [0.25, 0.3) is 0 Å². The predicted molar refractivity (Wildman–Crippen MR) is 98.0 cm³/mol. The highest BCUT2D eigenvalue weighted by atomic mass is 16.2. The van der Waals surface area contributed by atoms with Gasteiger partial charge >= 0.3 is 0 Å². The van der Waals surface area contributed by atoms with Gasteiger partial charge in [0.1, 0.15) is 6.04 Å². The average molecular weight is 355 g/mol. The molecule has 4 rings (SSSR count). The van der Waals surface area contributed by atoms with E-state index in [1.165, 1.54) is 0 Å². The number of nitrogens with zero attached hydrogens (tertiary/aromatic N) is 4. The van der Waals surface area contributed by atoms with Gasteiger partial charge in [0, 0.05) is 63.5 Å². The molecule has 1 N–H and O–H groups in total. The summed E-state index contributed by atoms with van der Waals surface area (Å²) in [7, 11) is 3.71. The maximum Gasteiger partial charge on any atom is 0.251 e. The molecule has 3 atom stereocenters. The second-order valence-electron chi connectivity index (χ2n) is 7.49. The van der Waals surface area contributed by atoms with Crippen molar-refractivity contribution in [2.45, 2.75) is 24.8 Å². The third-order valence-electron chi connectivity index (χ3n) is 5.67. The highest BCUT2D eigenvalue weighted by Crippen LogP contribution is 2.39. The number of aryl methyl sites for hydroxylation is 1. The smallest absolute Gasteiger partial charge is 0.251 e. The second kappa shape index (κ2) is 6.72. The number of aromatic nitrogens is 3. The molecule has 0 aliphatic carbocycles. The summed E-state index contributed by atoms with van der Waals surface area (Å²) in [5.41, 5.74) is 2.02. The number of hydrogen-bond donors (Lipinski definition) is 1. The predicted octanol–water partition coefficient (Wildman–Crippen LogP) is 0.531. The van der Waals surface area contributed by atoms with Crippen molar-refractivity contribution < 1.29 is 4.79 Å². The summed E-state index contributed by atoms with van der Waals surface area (Å²) in [5.74, 6) is 0.498. The van der Waals surface area contributed by atoms with Crippen molar-refractivity contribution in [1.82, 2.24) is 24.6 Å². The Bertz CT molecular complexity index is 871. The summed E-state index contributed by atoms with van der Waals surface area (Å²) in [6, 6.07) is 4.94. The van der Waals surface area contributed by atoms with Gasteiger partial charge in [0.05, 0.1) is 6.20 Å². The molecule has 1 saturated heterocycles. The molecule has 7 nitrogen and oxygen atoms in total. The van der Waals surface area contributed by atoms with Crippen molar-refractivity contribution in [1.29, 1.82) is 0 Å². The normalized spacial score (nSPS) is 24.2. The number of carbonyl (C=O) groups is 1. The lowest BCUT2D eigenvalue weighted by Crippen LogP contribution is -2.52. The van der Waals surface area contributed by atoms with Crippen LogP contribution in [-0.2, 0) is 18.3 Å². The van der Waals surface area contributed by atoms with Gasteiger partial charge in [-0.05, 0) is 24.5 Å². The number of hydrogen-bond acceptors (Lipinski definition) is 4. The molecular formula is C19H25N5O2. The monoisotopic (exact) mass is 355 g/mol. The Balaban J connectivity index is 1.58. The van der Waals surface area contributed by atoms with E-state index in [0.29, 0.717) is 12.5 Å². The Labute approximate surface area is 152 Å². The third-order valence-corrected chi connectivity index (χ3v) is 5.67. The number of fused-ring (bicyclic) bond motifs is 4. The van der Waals surface area contributed by atoms with E-state index in [1.807, 2.05) is 32.6 Å². The van der Waals surface area contributed by atoms with Crippen LogP contribution in [-0.4, -0.2) is 51.8 Å². The molecule has 1 fully saturated rings. The molecule has 2 aromatic heterocycles. The molecule has 2 bridgehead atoms. The molecular weight excluding hydrogens is 330 g/mol. The number of likely N-dealkylation sites (N-methyl/N-ethyl adjacent to an activating group) is 1. The van der Waals surface area contributed by atoms with Gasteiger partial charge in [-0.2, -0.15) is 5.10 Å². The molecule has 0 spiro atoms. The molecule has 26 heavy (non-hydrogen) atoms. The molecule has 2 aliphatic rings. The van der Waals surface area contributed by atoms with Crippen LogP contribution in [0.1, 0.15) is 29.6 Å². The molecule has 4 heterocycles. The minimum atomic E-state index is -0.415. The van der Waals surface area contributed by atoms with Crippen molar-refractivity contribution >= 4 is 5.91 Å². The zero-order valence-corrected chi connectivity index (χ0v) is 15.3. The molecule has 7 heteroatoms. The SMILES string of the molecule is CN(CCc1cnn(C)c1)C(=O)[C@H]1[C@@H]2CNC[C@@H](C2)c2cccc(=O)n21. The number of rotatable bonds is 4. The molecule has 2 aromatic rings. The zero-order chi connectivity index (χ0) is 18.3. The first kappa shape index (κ1) is 17.0. The quantitative estimate of drug-likeness (QED) is 0.868. The van der Waals surface area contributed by atoms with Crippen LogP contribution in [0.2, 0.25) is 0 Å². The molecule has 138 valence electrons. The van der Waals surface area contributed by atoms with E-state index >= 15 is 0 Å². The molecule has 0 aromatic carbocycles. The highest BCUT2D eigenvalue weighted by molar-refractivity contribution is 5.81. The summed E-state index contributed by atoms with van der Waals surface area (Å²) in [6.07, 6.45) is 5.51. The average Bonchev–Trinajstić information content (AvgIpc) is 3.06. The van der Waals surface area contributed by atoms with E-state index in [4.69, 9.17) is 0 Å². The number of amides is 1. The van der Waals surface area contributed by atoms with Gasteiger partial charge in [0.25, 0.3) is 5.56 Å². The van der Waals surface area contributed by atoms with Gasteiger partial charge in [0.15, 0.2) is 0 Å². The van der Waals surface area contributed by atoms with Crippen LogP contribution in [0.4, 0.5) is 0 Å². The van der Waals surface area contributed by atoms with E-state index in [-0.39, 0.29) is 17.4 Å². The standard InChI is InChI=1S/C19H25N5O2/c1-22(7-6-13-9-21-23(2)12-13)19(26)18-15-8-14(10-20-11-15)16-4-3-5-17(25)24(16)18/h3-5,9,12,14-15,18,20H,6-8,10-11H2,1-2H3/t14-,15+,18-/m1/s1. The maximum absolute atomic E-state index is 13.3. The van der Waals surface area contributed by atoms with Gasteiger partial charge in [-0.15, -0.1) is 0 Å². The second-order valence-corrected chi connectivity index (χ2v) is 7.49. The van der Waals surface area contributed by atoms with Gasteiger partial charge in [0.2, 0.25) is 5.91 Å². The van der Waals surface area contributed by atoms with Gasteiger partial charge < -0.3 is 10.2 Å². The van der Waals surface area contributed by atoms with Gasteiger partial charge in [-0.25, -0.2) is 0 Å².